The average Bonchev–Trinajstić information content (AvgIpc) is 3.25. The molecule has 0 radical (unpaired) electrons. The number of nitrogens with zero attached hydrogens (tertiary/aromatic N) is 1. The molecule has 1 aliphatic rings. The fourth-order valence-corrected chi connectivity index (χ4v) is 2.42. The van der Waals surface area contributed by atoms with Crippen LogP contribution in [0, 0.1) is 0 Å². The van der Waals surface area contributed by atoms with Gasteiger partial charge in [-0.05, 0) is 25.0 Å². The lowest BCUT2D eigenvalue weighted by atomic mass is 10.0. The first-order valence-corrected chi connectivity index (χ1v) is 6.60. The molecular formula is C15H17NO4. The van der Waals surface area contributed by atoms with Crippen molar-refractivity contribution in [2.45, 2.75) is 25.4 Å². The van der Waals surface area contributed by atoms with Gasteiger partial charge in [0.1, 0.15) is 23.0 Å². The SMILES string of the molecule is COc1cccc(OC)c1-c1noc(C2CC2)c1CO. The second kappa shape index (κ2) is 5.17. The molecule has 0 aliphatic heterocycles. The van der Waals surface area contributed by atoms with Gasteiger partial charge in [-0.3, -0.25) is 0 Å². The van der Waals surface area contributed by atoms with E-state index in [0.717, 1.165) is 29.7 Å². The molecule has 1 aliphatic carbocycles. The minimum absolute atomic E-state index is 0.105. The van der Waals surface area contributed by atoms with Crippen molar-refractivity contribution in [3.63, 3.8) is 0 Å². The first kappa shape index (κ1) is 13.0. The number of benzene rings is 1. The summed E-state index contributed by atoms with van der Waals surface area (Å²) in [5.74, 6) is 2.47. The molecule has 1 N–H and O–H groups in total. The summed E-state index contributed by atoms with van der Waals surface area (Å²) < 4.78 is 16.2. The van der Waals surface area contributed by atoms with Gasteiger partial charge in [-0.2, -0.15) is 0 Å². The van der Waals surface area contributed by atoms with Gasteiger partial charge in [-0.1, -0.05) is 11.2 Å². The van der Waals surface area contributed by atoms with E-state index in [9.17, 15) is 5.11 Å². The Balaban J connectivity index is 2.17. The normalized spacial score (nSPS) is 14.3. The molecule has 0 atom stereocenters. The molecule has 0 spiro atoms. The van der Waals surface area contributed by atoms with E-state index in [0.29, 0.717) is 23.1 Å². The summed E-state index contributed by atoms with van der Waals surface area (Å²) >= 11 is 0. The van der Waals surface area contributed by atoms with E-state index in [4.69, 9.17) is 14.0 Å². The molecule has 106 valence electrons. The van der Waals surface area contributed by atoms with Crippen molar-refractivity contribution in [2.24, 2.45) is 0 Å². The van der Waals surface area contributed by atoms with Crippen molar-refractivity contribution in [3.05, 3.63) is 29.5 Å². The highest BCUT2D eigenvalue weighted by Gasteiger charge is 2.33. The number of methoxy groups -OCH3 is 2. The van der Waals surface area contributed by atoms with E-state index in [2.05, 4.69) is 5.16 Å². The minimum atomic E-state index is -0.105. The Morgan fingerprint density at radius 2 is 1.90 bits per heavy atom. The van der Waals surface area contributed by atoms with Gasteiger partial charge in [0.15, 0.2) is 0 Å². The van der Waals surface area contributed by atoms with Gasteiger partial charge in [0.25, 0.3) is 0 Å². The van der Waals surface area contributed by atoms with Crippen molar-refractivity contribution in [1.29, 1.82) is 0 Å². The third-order valence-corrected chi connectivity index (χ3v) is 3.59. The highest BCUT2D eigenvalue weighted by Crippen LogP contribution is 2.46. The maximum atomic E-state index is 9.67. The smallest absolute Gasteiger partial charge is 0.145 e. The molecule has 1 saturated carbocycles. The highest BCUT2D eigenvalue weighted by atomic mass is 16.5. The van der Waals surface area contributed by atoms with Crippen molar-refractivity contribution in [2.75, 3.05) is 14.2 Å². The van der Waals surface area contributed by atoms with E-state index in [-0.39, 0.29) is 6.61 Å². The molecule has 0 amide bonds. The predicted octanol–water partition coefficient (Wildman–Crippen LogP) is 2.73. The zero-order valence-electron chi connectivity index (χ0n) is 11.5. The summed E-state index contributed by atoms with van der Waals surface area (Å²) in [6.45, 7) is -0.105. The number of aliphatic hydroxyl groups is 1. The number of aromatic nitrogens is 1. The zero-order valence-corrected chi connectivity index (χ0v) is 11.5. The monoisotopic (exact) mass is 275 g/mol. The van der Waals surface area contributed by atoms with Crippen LogP contribution in [0.5, 0.6) is 11.5 Å². The van der Waals surface area contributed by atoms with E-state index < -0.39 is 0 Å². The summed E-state index contributed by atoms with van der Waals surface area (Å²) in [7, 11) is 3.19. The summed E-state index contributed by atoms with van der Waals surface area (Å²) in [5.41, 5.74) is 2.05. The van der Waals surface area contributed by atoms with Crippen molar-refractivity contribution in [1.82, 2.24) is 5.16 Å². The van der Waals surface area contributed by atoms with Gasteiger partial charge in [-0.25, -0.2) is 0 Å². The van der Waals surface area contributed by atoms with Crippen LogP contribution < -0.4 is 9.47 Å². The second-order valence-electron chi connectivity index (χ2n) is 4.84. The molecule has 5 nitrogen and oxygen atoms in total. The minimum Gasteiger partial charge on any atom is -0.496 e. The van der Waals surface area contributed by atoms with Crippen LogP contribution in [0.1, 0.15) is 30.1 Å². The highest BCUT2D eigenvalue weighted by molar-refractivity contribution is 5.76. The summed E-state index contributed by atoms with van der Waals surface area (Å²) in [5, 5.41) is 13.8. The van der Waals surface area contributed by atoms with Crippen LogP contribution in [-0.4, -0.2) is 24.5 Å². The third kappa shape index (κ3) is 2.04. The number of ether oxygens (including phenoxy) is 2. The molecule has 0 unspecified atom stereocenters. The molecule has 1 fully saturated rings. The first-order chi connectivity index (χ1) is 9.80. The summed E-state index contributed by atoms with van der Waals surface area (Å²) in [6, 6.07) is 5.52. The molecule has 1 aromatic heterocycles. The van der Waals surface area contributed by atoms with Gasteiger partial charge in [0.2, 0.25) is 0 Å². The lowest BCUT2D eigenvalue weighted by Crippen LogP contribution is -1.96. The fourth-order valence-electron chi connectivity index (χ4n) is 2.42. The molecule has 5 heteroatoms. The van der Waals surface area contributed by atoms with Crippen molar-refractivity contribution >= 4 is 0 Å². The molecular weight excluding hydrogens is 258 g/mol. The Morgan fingerprint density at radius 3 is 2.40 bits per heavy atom. The van der Waals surface area contributed by atoms with Crippen LogP contribution in [0.25, 0.3) is 11.3 Å². The maximum Gasteiger partial charge on any atom is 0.145 e. The Hall–Kier alpha value is -2.01. The molecule has 3 rings (SSSR count). The number of hydrogen-bond acceptors (Lipinski definition) is 5. The zero-order chi connectivity index (χ0) is 14.1. The standard InChI is InChI=1S/C15H17NO4/c1-18-11-4-3-5-12(19-2)13(11)14-10(8-17)15(20-16-14)9-6-7-9/h3-5,9,17H,6-8H2,1-2H3. The Kier molecular flexibility index (Phi) is 3.36. The predicted molar refractivity (Wildman–Crippen MR) is 72.9 cm³/mol. The van der Waals surface area contributed by atoms with Crippen LogP contribution in [0.15, 0.2) is 22.7 Å². The van der Waals surface area contributed by atoms with Crippen LogP contribution in [0.4, 0.5) is 0 Å². The van der Waals surface area contributed by atoms with Gasteiger partial charge in [0, 0.05) is 11.5 Å². The fraction of sp³-hybridized carbons (Fsp3) is 0.400. The van der Waals surface area contributed by atoms with Crippen LogP contribution in [0.3, 0.4) is 0 Å². The summed E-state index contributed by atoms with van der Waals surface area (Å²) in [6.07, 6.45) is 2.18. The van der Waals surface area contributed by atoms with E-state index in [1.54, 1.807) is 14.2 Å². The molecule has 2 aromatic rings. The molecule has 1 aromatic carbocycles. The van der Waals surface area contributed by atoms with Gasteiger partial charge >= 0.3 is 0 Å². The Labute approximate surface area is 117 Å². The van der Waals surface area contributed by atoms with Crippen LogP contribution >= 0.6 is 0 Å². The molecule has 1 heterocycles. The molecule has 0 saturated heterocycles. The maximum absolute atomic E-state index is 9.67. The lowest BCUT2D eigenvalue weighted by Gasteiger charge is -2.11. The van der Waals surface area contributed by atoms with Gasteiger partial charge in [-0.15, -0.1) is 0 Å². The number of hydrogen-bond donors (Lipinski definition) is 1. The first-order valence-electron chi connectivity index (χ1n) is 6.60. The summed E-state index contributed by atoms with van der Waals surface area (Å²) in [4.78, 5) is 0. The van der Waals surface area contributed by atoms with E-state index in [1.165, 1.54) is 0 Å². The average molecular weight is 275 g/mol. The van der Waals surface area contributed by atoms with Gasteiger partial charge < -0.3 is 19.1 Å². The van der Waals surface area contributed by atoms with Gasteiger partial charge in [0.05, 0.1) is 26.4 Å². The topological polar surface area (TPSA) is 64.7 Å². The third-order valence-electron chi connectivity index (χ3n) is 3.59. The lowest BCUT2D eigenvalue weighted by molar-refractivity contribution is 0.277. The van der Waals surface area contributed by atoms with E-state index >= 15 is 0 Å². The number of rotatable bonds is 5. The van der Waals surface area contributed by atoms with Crippen molar-refractivity contribution < 1.29 is 19.1 Å². The Bertz CT molecular complexity index is 594. The Morgan fingerprint density at radius 1 is 1.25 bits per heavy atom. The number of aliphatic hydroxyl groups excluding tert-OH is 1. The van der Waals surface area contributed by atoms with E-state index in [1.807, 2.05) is 18.2 Å². The second-order valence-corrected chi connectivity index (χ2v) is 4.84. The largest absolute Gasteiger partial charge is 0.496 e. The molecule has 0 bridgehead atoms. The van der Waals surface area contributed by atoms with Crippen LogP contribution in [0.2, 0.25) is 0 Å². The quantitative estimate of drug-likeness (QED) is 0.909. The molecule has 20 heavy (non-hydrogen) atoms. The van der Waals surface area contributed by atoms with Crippen LogP contribution in [-0.2, 0) is 6.61 Å². The van der Waals surface area contributed by atoms with Crippen molar-refractivity contribution in [3.8, 4) is 22.8 Å².